The molecule has 1 aliphatic rings. The number of esters is 1. The van der Waals surface area contributed by atoms with Crippen LogP contribution in [-0.2, 0) is 14.3 Å². The molecule has 1 saturated carbocycles. The Morgan fingerprint density at radius 1 is 1.17 bits per heavy atom. The van der Waals surface area contributed by atoms with Crippen LogP contribution in [0.2, 0.25) is 0 Å². The first-order valence-corrected chi connectivity index (χ1v) is 7.85. The second kappa shape index (κ2) is 8.41. The van der Waals surface area contributed by atoms with Crippen molar-refractivity contribution in [1.82, 2.24) is 5.32 Å². The number of carbonyl (C=O) groups excluding carboxylic acids is 2. The molecule has 0 aliphatic heterocycles. The number of ether oxygens (including phenoxy) is 3. The van der Waals surface area contributed by atoms with E-state index in [9.17, 15) is 9.59 Å². The first-order chi connectivity index (χ1) is 11.1. The molecule has 1 aromatic carbocycles. The summed E-state index contributed by atoms with van der Waals surface area (Å²) in [7, 11) is 1.58. The molecule has 1 aromatic rings. The van der Waals surface area contributed by atoms with Crippen molar-refractivity contribution < 1.29 is 23.8 Å². The highest BCUT2D eigenvalue weighted by molar-refractivity contribution is 5.82. The Bertz CT molecular complexity index is 522. The van der Waals surface area contributed by atoms with Crippen LogP contribution >= 0.6 is 0 Å². The quantitative estimate of drug-likeness (QED) is 0.778. The molecule has 1 N–H and O–H groups in total. The Morgan fingerprint density at radius 2 is 1.78 bits per heavy atom. The minimum atomic E-state index is -0.789. The Hall–Kier alpha value is -2.24. The summed E-state index contributed by atoms with van der Waals surface area (Å²) in [4.78, 5) is 23.6. The zero-order chi connectivity index (χ0) is 16.7. The summed E-state index contributed by atoms with van der Waals surface area (Å²) in [5.74, 6) is 0.408. The van der Waals surface area contributed by atoms with Crippen LogP contribution < -0.4 is 14.8 Å². The van der Waals surface area contributed by atoms with E-state index in [4.69, 9.17) is 14.2 Å². The summed E-state index contributed by atoms with van der Waals surface area (Å²) in [5.41, 5.74) is 0. The van der Waals surface area contributed by atoms with Gasteiger partial charge in [0.1, 0.15) is 11.5 Å². The maximum atomic E-state index is 11.9. The summed E-state index contributed by atoms with van der Waals surface area (Å²) >= 11 is 0. The van der Waals surface area contributed by atoms with Gasteiger partial charge in [0.2, 0.25) is 0 Å². The van der Waals surface area contributed by atoms with Gasteiger partial charge in [-0.1, -0.05) is 12.8 Å². The number of benzene rings is 1. The van der Waals surface area contributed by atoms with Gasteiger partial charge in [-0.3, -0.25) is 4.79 Å². The summed E-state index contributed by atoms with van der Waals surface area (Å²) in [6.45, 7) is 1.31. The normalized spacial score (nSPS) is 15.7. The van der Waals surface area contributed by atoms with E-state index >= 15 is 0 Å². The van der Waals surface area contributed by atoms with Gasteiger partial charge in [-0.25, -0.2) is 4.79 Å². The number of hydrogen-bond acceptors (Lipinski definition) is 5. The number of hydrogen-bond donors (Lipinski definition) is 1. The highest BCUT2D eigenvalue weighted by Gasteiger charge is 2.20. The van der Waals surface area contributed by atoms with E-state index in [-0.39, 0.29) is 18.6 Å². The van der Waals surface area contributed by atoms with Crippen molar-refractivity contribution >= 4 is 11.9 Å². The van der Waals surface area contributed by atoms with Gasteiger partial charge in [0, 0.05) is 6.04 Å². The van der Waals surface area contributed by atoms with Crippen molar-refractivity contribution in [2.24, 2.45) is 0 Å². The molecule has 6 nitrogen and oxygen atoms in total. The lowest BCUT2D eigenvalue weighted by atomic mass is 10.2. The summed E-state index contributed by atoms with van der Waals surface area (Å²) in [6, 6.07) is 7.10. The Labute approximate surface area is 136 Å². The van der Waals surface area contributed by atoms with Gasteiger partial charge >= 0.3 is 5.97 Å². The average molecular weight is 321 g/mol. The van der Waals surface area contributed by atoms with E-state index in [0.717, 1.165) is 25.7 Å². The van der Waals surface area contributed by atoms with Crippen LogP contribution in [0.1, 0.15) is 32.6 Å². The van der Waals surface area contributed by atoms with Gasteiger partial charge in [0.05, 0.1) is 7.11 Å². The van der Waals surface area contributed by atoms with E-state index in [0.29, 0.717) is 11.5 Å². The smallest absolute Gasteiger partial charge is 0.347 e. The van der Waals surface area contributed by atoms with Gasteiger partial charge in [0.15, 0.2) is 12.7 Å². The third-order valence-corrected chi connectivity index (χ3v) is 3.77. The molecule has 0 saturated heterocycles. The van der Waals surface area contributed by atoms with E-state index in [2.05, 4.69) is 5.32 Å². The molecular weight excluding hydrogens is 298 g/mol. The topological polar surface area (TPSA) is 73.9 Å². The lowest BCUT2D eigenvalue weighted by Gasteiger charge is -2.15. The maximum absolute atomic E-state index is 11.9. The molecule has 0 radical (unpaired) electrons. The zero-order valence-electron chi connectivity index (χ0n) is 13.5. The number of rotatable bonds is 7. The molecular formula is C17H23NO5. The van der Waals surface area contributed by atoms with Gasteiger partial charge in [0.25, 0.3) is 5.91 Å². The van der Waals surface area contributed by atoms with Crippen LogP contribution in [0.5, 0.6) is 11.5 Å². The van der Waals surface area contributed by atoms with Crippen molar-refractivity contribution in [1.29, 1.82) is 0 Å². The van der Waals surface area contributed by atoms with E-state index in [1.165, 1.54) is 0 Å². The van der Waals surface area contributed by atoms with E-state index in [1.807, 2.05) is 0 Å². The molecule has 126 valence electrons. The van der Waals surface area contributed by atoms with Crippen LogP contribution in [0.3, 0.4) is 0 Å². The molecule has 1 atom stereocenters. The van der Waals surface area contributed by atoms with Gasteiger partial charge in [-0.15, -0.1) is 0 Å². The second-order valence-electron chi connectivity index (χ2n) is 5.59. The van der Waals surface area contributed by atoms with Crippen molar-refractivity contribution in [2.75, 3.05) is 13.7 Å². The molecule has 1 amide bonds. The van der Waals surface area contributed by atoms with Crippen molar-refractivity contribution in [3.8, 4) is 11.5 Å². The van der Waals surface area contributed by atoms with Crippen molar-refractivity contribution in [2.45, 2.75) is 44.8 Å². The van der Waals surface area contributed by atoms with Gasteiger partial charge in [-0.05, 0) is 44.0 Å². The Kier molecular flexibility index (Phi) is 6.26. The Morgan fingerprint density at radius 3 is 2.39 bits per heavy atom. The summed E-state index contributed by atoms with van der Waals surface area (Å²) in [6.07, 6.45) is 3.48. The predicted molar refractivity (Wildman–Crippen MR) is 84.4 cm³/mol. The highest BCUT2D eigenvalue weighted by Crippen LogP contribution is 2.19. The Balaban J connectivity index is 1.72. The summed E-state index contributed by atoms with van der Waals surface area (Å²) < 4.78 is 15.5. The SMILES string of the molecule is COc1ccc(OC(C)C(=O)OCC(=O)NC2CCCC2)cc1. The van der Waals surface area contributed by atoms with E-state index in [1.54, 1.807) is 38.3 Å². The molecule has 2 rings (SSSR count). The fraction of sp³-hybridized carbons (Fsp3) is 0.529. The average Bonchev–Trinajstić information content (AvgIpc) is 3.06. The third kappa shape index (κ3) is 5.47. The predicted octanol–water partition coefficient (Wildman–Crippen LogP) is 2.06. The maximum Gasteiger partial charge on any atom is 0.347 e. The first kappa shape index (κ1) is 17.1. The number of nitrogens with one attached hydrogen (secondary N) is 1. The fourth-order valence-corrected chi connectivity index (χ4v) is 2.50. The number of carbonyl (C=O) groups is 2. The summed E-state index contributed by atoms with van der Waals surface area (Å²) in [5, 5.41) is 2.86. The monoisotopic (exact) mass is 321 g/mol. The molecule has 1 unspecified atom stereocenters. The standard InChI is InChI=1S/C17H23NO5/c1-12(23-15-9-7-14(21-2)8-10-15)17(20)22-11-16(19)18-13-5-3-4-6-13/h7-10,12-13H,3-6,11H2,1-2H3,(H,18,19). The lowest BCUT2D eigenvalue weighted by molar-refractivity contribution is -0.154. The first-order valence-electron chi connectivity index (χ1n) is 7.85. The van der Waals surface area contributed by atoms with Crippen molar-refractivity contribution in [3.05, 3.63) is 24.3 Å². The van der Waals surface area contributed by atoms with Gasteiger partial charge < -0.3 is 19.5 Å². The minimum absolute atomic E-state index is 0.217. The van der Waals surface area contributed by atoms with Crippen LogP contribution in [0, 0.1) is 0 Å². The number of methoxy groups -OCH3 is 1. The van der Waals surface area contributed by atoms with Gasteiger partial charge in [-0.2, -0.15) is 0 Å². The highest BCUT2D eigenvalue weighted by atomic mass is 16.6. The zero-order valence-corrected chi connectivity index (χ0v) is 13.5. The molecule has 0 aromatic heterocycles. The molecule has 6 heteroatoms. The van der Waals surface area contributed by atoms with E-state index < -0.39 is 12.1 Å². The van der Waals surface area contributed by atoms with Crippen LogP contribution in [-0.4, -0.2) is 37.7 Å². The second-order valence-corrected chi connectivity index (χ2v) is 5.59. The van der Waals surface area contributed by atoms with Crippen LogP contribution in [0.25, 0.3) is 0 Å². The number of amides is 1. The molecule has 0 spiro atoms. The minimum Gasteiger partial charge on any atom is -0.497 e. The lowest BCUT2D eigenvalue weighted by Crippen LogP contribution is -2.37. The molecule has 23 heavy (non-hydrogen) atoms. The molecule has 0 bridgehead atoms. The molecule has 0 heterocycles. The molecule has 1 fully saturated rings. The van der Waals surface area contributed by atoms with Crippen molar-refractivity contribution in [3.63, 3.8) is 0 Å². The van der Waals surface area contributed by atoms with Crippen LogP contribution in [0.4, 0.5) is 0 Å². The fourth-order valence-electron chi connectivity index (χ4n) is 2.50. The van der Waals surface area contributed by atoms with Crippen LogP contribution in [0.15, 0.2) is 24.3 Å². The molecule has 1 aliphatic carbocycles. The largest absolute Gasteiger partial charge is 0.497 e. The third-order valence-electron chi connectivity index (χ3n) is 3.77.